The summed E-state index contributed by atoms with van der Waals surface area (Å²) in [5, 5.41) is 0. The van der Waals surface area contributed by atoms with Crippen LogP contribution in [0.2, 0.25) is 0 Å². The Morgan fingerprint density at radius 2 is 1.78 bits per heavy atom. The van der Waals surface area contributed by atoms with Gasteiger partial charge in [0.15, 0.2) is 0 Å². The van der Waals surface area contributed by atoms with Crippen LogP contribution in [0.25, 0.3) is 0 Å². The predicted molar refractivity (Wildman–Crippen MR) is 63.6 cm³/mol. The summed E-state index contributed by atoms with van der Waals surface area (Å²) in [6, 6.07) is 0. The lowest BCUT2D eigenvalue weighted by Crippen LogP contribution is -2.38. The first-order chi connectivity index (χ1) is 8.68. The Labute approximate surface area is 106 Å². The first-order valence-electron chi connectivity index (χ1n) is 6.40. The van der Waals surface area contributed by atoms with E-state index in [1.807, 2.05) is 0 Å². The maximum atomic E-state index is 11.8. The molecule has 0 spiro atoms. The van der Waals surface area contributed by atoms with E-state index in [2.05, 4.69) is 12.2 Å². The van der Waals surface area contributed by atoms with Crippen molar-refractivity contribution < 1.29 is 19.1 Å². The number of amides is 3. The third-order valence-corrected chi connectivity index (χ3v) is 3.22. The zero-order valence-corrected chi connectivity index (χ0v) is 10.3. The van der Waals surface area contributed by atoms with E-state index in [9.17, 15) is 14.4 Å². The zero-order chi connectivity index (χ0) is 13.0. The Hall–Kier alpha value is -1.65. The number of carbonyl (C=O) groups excluding carboxylic acids is 3. The number of nitrogens with zero attached hydrogens (tertiary/aromatic N) is 1. The van der Waals surface area contributed by atoms with Crippen LogP contribution in [0.1, 0.15) is 44.9 Å². The Balaban J connectivity index is 1.91. The number of likely N-dealkylation sites (tertiary alicyclic amines) is 1. The van der Waals surface area contributed by atoms with Gasteiger partial charge in [-0.3, -0.25) is 9.59 Å². The number of hydrogen-bond donors (Lipinski definition) is 0. The Morgan fingerprint density at radius 1 is 1.11 bits per heavy atom. The molecule has 5 heteroatoms. The van der Waals surface area contributed by atoms with Crippen molar-refractivity contribution in [1.29, 1.82) is 0 Å². The summed E-state index contributed by atoms with van der Waals surface area (Å²) in [6.07, 6.45) is 7.78. The van der Waals surface area contributed by atoms with Gasteiger partial charge in [0.25, 0.3) is 0 Å². The van der Waals surface area contributed by atoms with Gasteiger partial charge in [-0.2, -0.15) is 4.90 Å². The predicted octanol–water partition coefficient (Wildman–Crippen LogP) is 2.16. The van der Waals surface area contributed by atoms with E-state index < -0.39 is 17.9 Å². The molecule has 3 amide bonds. The maximum absolute atomic E-state index is 11.8. The van der Waals surface area contributed by atoms with Crippen LogP contribution in [0.5, 0.6) is 0 Å². The van der Waals surface area contributed by atoms with Gasteiger partial charge < -0.3 is 4.74 Å². The average Bonchev–Trinajstić information content (AvgIpc) is 2.62. The van der Waals surface area contributed by atoms with Crippen molar-refractivity contribution in [2.45, 2.75) is 51.0 Å². The molecule has 0 aromatic carbocycles. The lowest BCUT2D eigenvalue weighted by atomic mass is 10.0. The lowest BCUT2D eigenvalue weighted by Gasteiger charge is -2.20. The molecule has 0 aromatic rings. The summed E-state index contributed by atoms with van der Waals surface area (Å²) in [6.45, 7) is 0. The Morgan fingerprint density at radius 3 is 2.50 bits per heavy atom. The molecule has 1 heterocycles. The lowest BCUT2D eigenvalue weighted by molar-refractivity contribution is -0.136. The molecule has 0 N–H and O–H groups in total. The van der Waals surface area contributed by atoms with Gasteiger partial charge in [-0.05, 0) is 32.1 Å². The number of hydrogen-bond acceptors (Lipinski definition) is 4. The smallest absolute Gasteiger partial charge is 0.423 e. The Bertz CT molecular complexity index is 372. The summed E-state index contributed by atoms with van der Waals surface area (Å²) in [5.41, 5.74) is 0. The van der Waals surface area contributed by atoms with E-state index >= 15 is 0 Å². The number of allylic oxidation sites excluding steroid dienone is 2. The van der Waals surface area contributed by atoms with Crippen LogP contribution < -0.4 is 0 Å². The van der Waals surface area contributed by atoms with E-state index in [1.54, 1.807) is 0 Å². The molecular formula is C13H17NO4. The molecular weight excluding hydrogens is 234 g/mol. The minimum Gasteiger partial charge on any atom is -0.445 e. The van der Waals surface area contributed by atoms with Crippen LogP contribution in [0, 0.1) is 0 Å². The van der Waals surface area contributed by atoms with Crippen LogP contribution >= 0.6 is 0 Å². The van der Waals surface area contributed by atoms with Crippen molar-refractivity contribution in [3.05, 3.63) is 12.2 Å². The molecule has 2 aliphatic rings. The number of rotatable bonds is 1. The molecule has 98 valence electrons. The second-order valence-electron chi connectivity index (χ2n) is 4.61. The van der Waals surface area contributed by atoms with Crippen LogP contribution in [0.15, 0.2) is 12.2 Å². The highest BCUT2D eigenvalue weighted by molar-refractivity contribution is 6.13. The molecule has 5 nitrogen and oxygen atoms in total. The Kier molecular flexibility index (Phi) is 4.12. The monoisotopic (exact) mass is 251 g/mol. The second kappa shape index (κ2) is 5.80. The molecule has 18 heavy (non-hydrogen) atoms. The molecule has 1 saturated heterocycles. The minimum atomic E-state index is -0.794. The molecule has 0 unspecified atom stereocenters. The summed E-state index contributed by atoms with van der Waals surface area (Å²) in [7, 11) is 0. The van der Waals surface area contributed by atoms with Crippen molar-refractivity contribution in [3.8, 4) is 0 Å². The van der Waals surface area contributed by atoms with Crippen LogP contribution in [-0.2, 0) is 14.3 Å². The van der Waals surface area contributed by atoms with Gasteiger partial charge in [0.1, 0.15) is 6.10 Å². The number of ether oxygens (including phenoxy) is 1. The molecule has 1 fully saturated rings. The van der Waals surface area contributed by atoms with Crippen LogP contribution in [-0.4, -0.2) is 28.9 Å². The van der Waals surface area contributed by atoms with E-state index in [0.717, 1.165) is 32.1 Å². The second-order valence-corrected chi connectivity index (χ2v) is 4.61. The molecule has 0 saturated carbocycles. The van der Waals surface area contributed by atoms with Crippen molar-refractivity contribution in [3.63, 3.8) is 0 Å². The SMILES string of the molecule is O=C1CCC(=O)N1C(=O)O[C@H]1CC/C=C\CCC1. The molecule has 0 aromatic heterocycles. The number of imide groups is 3. The highest BCUT2D eigenvalue weighted by Gasteiger charge is 2.36. The highest BCUT2D eigenvalue weighted by Crippen LogP contribution is 2.19. The molecule has 0 bridgehead atoms. The third kappa shape index (κ3) is 2.97. The summed E-state index contributed by atoms with van der Waals surface area (Å²) >= 11 is 0. The number of carbonyl (C=O) groups is 3. The van der Waals surface area contributed by atoms with Gasteiger partial charge in [-0.25, -0.2) is 4.79 Å². The summed E-state index contributed by atoms with van der Waals surface area (Å²) < 4.78 is 5.26. The average molecular weight is 251 g/mol. The molecule has 2 rings (SSSR count). The van der Waals surface area contributed by atoms with E-state index in [4.69, 9.17) is 4.74 Å². The van der Waals surface area contributed by atoms with Gasteiger partial charge in [0.05, 0.1) is 0 Å². The maximum Gasteiger partial charge on any atom is 0.423 e. The minimum absolute atomic E-state index is 0.112. The van der Waals surface area contributed by atoms with Gasteiger partial charge in [0.2, 0.25) is 11.8 Å². The normalized spacial score (nSPS) is 26.7. The summed E-state index contributed by atoms with van der Waals surface area (Å²) in [5.74, 6) is -0.897. The first-order valence-corrected chi connectivity index (χ1v) is 6.40. The highest BCUT2D eigenvalue weighted by atomic mass is 16.6. The van der Waals surface area contributed by atoms with E-state index in [1.165, 1.54) is 0 Å². The van der Waals surface area contributed by atoms with Gasteiger partial charge in [0, 0.05) is 12.8 Å². The van der Waals surface area contributed by atoms with Crippen LogP contribution in [0.4, 0.5) is 4.79 Å². The first kappa shape index (κ1) is 12.8. The van der Waals surface area contributed by atoms with E-state index in [0.29, 0.717) is 4.90 Å². The third-order valence-electron chi connectivity index (χ3n) is 3.22. The van der Waals surface area contributed by atoms with Crippen molar-refractivity contribution in [2.24, 2.45) is 0 Å². The van der Waals surface area contributed by atoms with Crippen molar-refractivity contribution >= 4 is 17.9 Å². The summed E-state index contributed by atoms with van der Waals surface area (Å²) in [4.78, 5) is 35.2. The van der Waals surface area contributed by atoms with Gasteiger partial charge in [-0.1, -0.05) is 12.2 Å². The fourth-order valence-corrected chi connectivity index (χ4v) is 2.22. The van der Waals surface area contributed by atoms with E-state index in [-0.39, 0.29) is 18.9 Å². The standard InChI is InChI=1S/C13H17NO4/c15-11-8-9-12(16)14(11)13(17)18-10-6-4-2-1-3-5-7-10/h1-2,10H,3-9H2/b2-1-/t10-/m0/s1. The van der Waals surface area contributed by atoms with Gasteiger partial charge >= 0.3 is 6.09 Å². The fraction of sp³-hybridized carbons (Fsp3) is 0.615. The molecule has 1 atom stereocenters. The topological polar surface area (TPSA) is 63.7 Å². The van der Waals surface area contributed by atoms with Crippen molar-refractivity contribution in [1.82, 2.24) is 4.90 Å². The molecule has 1 aliphatic heterocycles. The fourth-order valence-electron chi connectivity index (χ4n) is 2.22. The van der Waals surface area contributed by atoms with Gasteiger partial charge in [-0.15, -0.1) is 0 Å². The van der Waals surface area contributed by atoms with Crippen molar-refractivity contribution in [2.75, 3.05) is 0 Å². The molecule has 0 radical (unpaired) electrons. The molecule has 1 aliphatic carbocycles. The zero-order valence-electron chi connectivity index (χ0n) is 10.3. The van der Waals surface area contributed by atoms with Crippen LogP contribution in [0.3, 0.4) is 0 Å². The largest absolute Gasteiger partial charge is 0.445 e. The quantitative estimate of drug-likeness (QED) is 0.529.